The zero-order valence-corrected chi connectivity index (χ0v) is 9.27. The van der Waals surface area contributed by atoms with Crippen LogP contribution in [0.15, 0.2) is 18.2 Å². The average molecular weight is 239 g/mol. The molecule has 0 unspecified atom stereocenters. The van der Waals surface area contributed by atoms with Crippen LogP contribution < -0.4 is 10.1 Å². The van der Waals surface area contributed by atoms with Crippen LogP contribution in [0.25, 0.3) is 0 Å². The number of phenolic OH excluding ortho intramolecular Hbond substituents is 1. The number of nitrogens with one attached hydrogen (secondary N) is 1. The number of amides is 1. The number of aliphatic carboxylic acids is 1. The first-order valence-corrected chi connectivity index (χ1v) is 4.91. The average Bonchev–Trinajstić information content (AvgIpc) is 2.29. The van der Waals surface area contributed by atoms with Crippen LogP contribution in [-0.2, 0) is 4.79 Å². The van der Waals surface area contributed by atoms with Gasteiger partial charge >= 0.3 is 5.97 Å². The molecule has 0 atom stereocenters. The number of phenols is 1. The van der Waals surface area contributed by atoms with E-state index in [1.54, 1.807) is 0 Å². The van der Waals surface area contributed by atoms with Crippen molar-refractivity contribution in [2.24, 2.45) is 0 Å². The van der Waals surface area contributed by atoms with Gasteiger partial charge in [-0.3, -0.25) is 9.59 Å². The molecule has 0 saturated heterocycles. The van der Waals surface area contributed by atoms with Crippen LogP contribution in [0.3, 0.4) is 0 Å². The van der Waals surface area contributed by atoms with Crippen LogP contribution in [0.5, 0.6) is 11.5 Å². The van der Waals surface area contributed by atoms with Gasteiger partial charge in [0.2, 0.25) is 0 Å². The van der Waals surface area contributed by atoms with E-state index in [-0.39, 0.29) is 24.5 Å². The van der Waals surface area contributed by atoms with E-state index in [4.69, 9.17) is 9.84 Å². The number of carbonyl (C=O) groups is 2. The SMILES string of the molecule is COc1cc(C(=O)NCCC(=O)O)ccc1O. The highest BCUT2D eigenvalue weighted by Crippen LogP contribution is 2.26. The Kier molecular flexibility index (Phi) is 4.33. The first-order chi connectivity index (χ1) is 8.04. The molecule has 1 aromatic rings. The van der Waals surface area contributed by atoms with E-state index < -0.39 is 11.9 Å². The molecule has 1 rings (SSSR count). The molecule has 1 amide bonds. The minimum Gasteiger partial charge on any atom is -0.504 e. The molecule has 0 aliphatic carbocycles. The normalized spacial score (nSPS) is 9.71. The maximum absolute atomic E-state index is 11.6. The van der Waals surface area contributed by atoms with Gasteiger partial charge < -0.3 is 20.3 Å². The Morgan fingerprint density at radius 2 is 2.12 bits per heavy atom. The number of aromatic hydroxyl groups is 1. The Hall–Kier alpha value is -2.24. The molecular weight excluding hydrogens is 226 g/mol. The predicted molar refractivity (Wildman–Crippen MR) is 59.2 cm³/mol. The van der Waals surface area contributed by atoms with Gasteiger partial charge in [-0.25, -0.2) is 0 Å². The topological polar surface area (TPSA) is 95.9 Å². The Morgan fingerprint density at radius 1 is 1.41 bits per heavy atom. The lowest BCUT2D eigenvalue weighted by molar-refractivity contribution is -0.136. The van der Waals surface area contributed by atoms with Crippen molar-refractivity contribution >= 4 is 11.9 Å². The van der Waals surface area contributed by atoms with Gasteiger partial charge in [0.05, 0.1) is 13.5 Å². The van der Waals surface area contributed by atoms with Crippen molar-refractivity contribution in [1.82, 2.24) is 5.32 Å². The fourth-order valence-corrected chi connectivity index (χ4v) is 1.20. The number of carboxylic acid groups (broad SMARTS) is 1. The molecule has 3 N–H and O–H groups in total. The number of hydrogen-bond acceptors (Lipinski definition) is 4. The third kappa shape index (κ3) is 3.67. The monoisotopic (exact) mass is 239 g/mol. The maximum Gasteiger partial charge on any atom is 0.305 e. The zero-order chi connectivity index (χ0) is 12.8. The first-order valence-electron chi connectivity index (χ1n) is 4.91. The second-order valence-electron chi connectivity index (χ2n) is 3.29. The summed E-state index contributed by atoms with van der Waals surface area (Å²) >= 11 is 0. The molecule has 6 heteroatoms. The number of methoxy groups -OCH3 is 1. The zero-order valence-electron chi connectivity index (χ0n) is 9.27. The molecule has 0 aromatic heterocycles. The highest BCUT2D eigenvalue weighted by Gasteiger charge is 2.09. The van der Waals surface area contributed by atoms with Crippen molar-refractivity contribution in [2.45, 2.75) is 6.42 Å². The van der Waals surface area contributed by atoms with E-state index in [0.29, 0.717) is 5.56 Å². The highest BCUT2D eigenvalue weighted by molar-refractivity contribution is 5.95. The highest BCUT2D eigenvalue weighted by atomic mass is 16.5. The number of rotatable bonds is 5. The molecule has 92 valence electrons. The van der Waals surface area contributed by atoms with Crippen molar-refractivity contribution in [1.29, 1.82) is 0 Å². The Balaban J connectivity index is 2.66. The fraction of sp³-hybridized carbons (Fsp3) is 0.273. The lowest BCUT2D eigenvalue weighted by Gasteiger charge is -2.07. The smallest absolute Gasteiger partial charge is 0.305 e. The Bertz CT molecular complexity index is 430. The molecule has 0 spiro atoms. The predicted octanol–water partition coefficient (Wildman–Crippen LogP) is 0.605. The van der Waals surface area contributed by atoms with Crippen molar-refractivity contribution in [3.05, 3.63) is 23.8 Å². The third-order valence-corrected chi connectivity index (χ3v) is 2.07. The van der Waals surface area contributed by atoms with Crippen molar-refractivity contribution in [3.8, 4) is 11.5 Å². The van der Waals surface area contributed by atoms with Gasteiger partial charge in [-0.1, -0.05) is 0 Å². The Morgan fingerprint density at radius 3 is 2.71 bits per heavy atom. The molecule has 6 nitrogen and oxygen atoms in total. The van der Waals surface area contributed by atoms with Gasteiger partial charge in [0.25, 0.3) is 5.91 Å². The number of ether oxygens (including phenoxy) is 1. The lowest BCUT2D eigenvalue weighted by atomic mass is 10.2. The largest absolute Gasteiger partial charge is 0.504 e. The van der Waals surface area contributed by atoms with Gasteiger partial charge in [-0.2, -0.15) is 0 Å². The molecule has 0 saturated carbocycles. The van der Waals surface area contributed by atoms with Gasteiger partial charge in [-0.05, 0) is 18.2 Å². The van der Waals surface area contributed by atoms with Crippen LogP contribution >= 0.6 is 0 Å². The van der Waals surface area contributed by atoms with E-state index in [0.717, 1.165) is 0 Å². The third-order valence-electron chi connectivity index (χ3n) is 2.07. The van der Waals surface area contributed by atoms with Crippen LogP contribution in [0.1, 0.15) is 16.8 Å². The summed E-state index contributed by atoms with van der Waals surface area (Å²) in [4.78, 5) is 21.8. The van der Waals surface area contributed by atoms with Crippen molar-refractivity contribution in [2.75, 3.05) is 13.7 Å². The van der Waals surface area contributed by atoms with Crippen molar-refractivity contribution < 1.29 is 24.5 Å². The van der Waals surface area contributed by atoms with Gasteiger partial charge in [0, 0.05) is 12.1 Å². The second kappa shape index (κ2) is 5.74. The van der Waals surface area contributed by atoms with Crippen LogP contribution in [0.4, 0.5) is 0 Å². The van der Waals surface area contributed by atoms with Crippen LogP contribution in [0, 0.1) is 0 Å². The molecule has 0 aliphatic rings. The molecule has 0 fully saturated rings. The van der Waals surface area contributed by atoms with E-state index in [1.807, 2.05) is 0 Å². The summed E-state index contributed by atoms with van der Waals surface area (Å²) in [5.41, 5.74) is 0.296. The van der Waals surface area contributed by atoms with Crippen molar-refractivity contribution in [3.63, 3.8) is 0 Å². The second-order valence-corrected chi connectivity index (χ2v) is 3.29. The summed E-state index contributed by atoms with van der Waals surface area (Å²) in [5, 5.41) is 20.2. The van der Waals surface area contributed by atoms with Crippen LogP contribution in [-0.4, -0.2) is 35.7 Å². The molecule has 0 bridgehead atoms. The summed E-state index contributed by atoms with van der Waals surface area (Å²) in [7, 11) is 1.38. The number of hydrogen-bond donors (Lipinski definition) is 3. The minimum atomic E-state index is -0.978. The van der Waals surface area contributed by atoms with E-state index in [2.05, 4.69) is 5.32 Å². The summed E-state index contributed by atoms with van der Waals surface area (Å²) in [6.07, 6.45) is -0.138. The Labute approximate surface area is 97.8 Å². The number of benzene rings is 1. The summed E-state index contributed by atoms with van der Waals surface area (Å²) in [6, 6.07) is 4.14. The van der Waals surface area contributed by atoms with E-state index >= 15 is 0 Å². The first kappa shape index (κ1) is 12.8. The minimum absolute atomic E-state index is 0.0529. The summed E-state index contributed by atoms with van der Waals surface area (Å²) < 4.78 is 4.85. The molecule has 0 radical (unpaired) electrons. The summed E-state index contributed by atoms with van der Waals surface area (Å²) in [6.45, 7) is 0.0529. The molecule has 0 heterocycles. The van der Waals surface area contributed by atoms with Gasteiger partial charge in [0.15, 0.2) is 11.5 Å². The standard InChI is InChI=1S/C11H13NO5/c1-17-9-6-7(2-3-8(9)13)11(16)12-5-4-10(14)15/h2-3,6,13H,4-5H2,1H3,(H,12,16)(H,14,15). The number of carboxylic acids is 1. The lowest BCUT2D eigenvalue weighted by Crippen LogP contribution is -2.25. The quantitative estimate of drug-likeness (QED) is 0.699. The van der Waals surface area contributed by atoms with Gasteiger partial charge in [0.1, 0.15) is 0 Å². The van der Waals surface area contributed by atoms with E-state index in [9.17, 15) is 14.7 Å². The van der Waals surface area contributed by atoms with Crippen LogP contribution in [0.2, 0.25) is 0 Å². The molecule has 0 aliphatic heterocycles. The molecular formula is C11H13NO5. The molecule has 17 heavy (non-hydrogen) atoms. The number of carbonyl (C=O) groups excluding carboxylic acids is 1. The maximum atomic E-state index is 11.6. The summed E-state index contributed by atoms with van der Waals surface area (Å²) in [5.74, 6) is -1.26. The fourth-order valence-electron chi connectivity index (χ4n) is 1.20. The van der Waals surface area contributed by atoms with E-state index in [1.165, 1.54) is 25.3 Å². The molecule has 1 aromatic carbocycles. The van der Waals surface area contributed by atoms with Gasteiger partial charge in [-0.15, -0.1) is 0 Å².